The van der Waals surface area contributed by atoms with E-state index in [1.807, 2.05) is 26.0 Å². The number of rotatable bonds is 5. The van der Waals surface area contributed by atoms with Crippen LogP contribution in [0.3, 0.4) is 0 Å². The van der Waals surface area contributed by atoms with Crippen molar-refractivity contribution in [3.8, 4) is 0 Å². The Morgan fingerprint density at radius 2 is 1.74 bits per heavy atom. The van der Waals surface area contributed by atoms with Crippen LogP contribution in [-0.4, -0.2) is 55.1 Å². The Hall–Kier alpha value is -3.21. The van der Waals surface area contributed by atoms with Crippen molar-refractivity contribution in [3.05, 3.63) is 71.4 Å². The quantitative estimate of drug-likeness (QED) is 0.580. The summed E-state index contributed by atoms with van der Waals surface area (Å²) in [5, 5.41) is 10.1. The number of hydrogen-bond donors (Lipinski definition) is 2. The summed E-state index contributed by atoms with van der Waals surface area (Å²) < 4.78 is 33.5. The number of nitrogens with zero attached hydrogens (tertiary/aromatic N) is 3. The minimum atomic E-state index is -3.74. The molecule has 0 saturated carbocycles. The fourth-order valence-corrected chi connectivity index (χ4v) is 6.27. The minimum absolute atomic E-state index is 0.113. The molecule has 34 heavy (non-hydrogen) atoms. The van der Waals surface area contributed by atoms with E-state index in [1.54, 1.807) is 42.5 Å². The predicted molar refractivity (Wildman–Crippen MR) is 128 cm³/mol. The Kier molecular flexibility index (Phi) is 5.67. The SMILES string of the molecule is CC1(C)c2[nH]nc(NC(=O)c3ccc(N4CCOCC4)cc3)c2CN1S(=O)(=O)c1ccccc1. The molecule has 1 saturated heterocycles. The number of hydrogen-bond acceptors (Lipinski definition) is 6. The van der Waals surface area contributed by atoms with Crippen molar-refractivity contribution in [2.45, 2.75) is 30.8 Å². The molecule has 1 aromatic heterocycles. The molecular formula is C24H27N5O4S. The highest BCUT2D eigenvalue weighted by Gasteiger charge is 2.47. The number of carbonyl (C=O) groups is 1. The minimum Gasteiger partial charge on any atom is -0.378 e. The molecule has 0 spiro atoms. The van der Waals surface area contributed by atoms with Crippen LogP contribution in [0.1, 0.15) is 35.5 Å². The van der Waals surface area contributed by atoms with Crippen LogP contribution in [0.5, 0.6) is 0 Å². The van der Waals surface area contributed by atoms with Gasteiger partial charge in [-0.3, -0.25) is 9.89 Å². The van der Waals surface area contributed by atoms with E-state index in [2.05, 4.69) is 20.4 Å². The standard InChI is InChI=1S/C24H27N5O4S/c1-24(2)21-20(16-29(24)34(31,32)19-6-4-3-5-7-19)22(27-26-21)25-23(30)17-8-10-18(11-9-17)28-12-14-33-15-13-28/h3-11H,12-16H2,1-2H3,(H2,25,26,27,30). The first-order valence-electron chi connectivity index (χ1n) is 11.2. The van der Waals surface area contributed by atoms with E-state index in [0.717, 1.165) is 18.8 Å². The fourth-order valence-electron chi connectivity index (χ4n) is 4.52. The fraction of sp³-hybridized carbons (Fsp3) is 0.333. The summed E-state index contributed by atoms with van der Waals surface area (Å²) in [4.78, 5) is 15.4. The Bertz CT molecular complexity index is 1300. The first-order chi connectivity index (χ1) is 16.3. The number of fused-ring (bicyclic) bond motifs is 1. The number of sulfonamides is 1. The van der Waals surface area contributed by atoms with E-state index in [9.17, 15) is 13.2 Å². The van der Waals surface area contributed by atoms with Gasteiger partial charge in [-0.25, -0.2) is 8.42 Å². The maximum Gasteiger partial charge on any atom is 0.256 e. The van der Waals surface area contributed by atoms with Gasteiger partial charge in [0.1, 0.15) is 0 Å². The van der Waals surface area contributed by atoms with Crippen LogP contribution in [0.25, 0.3) is 0 Å². The summed E-state index contributed by atoms with van der Waals surface area (Å²) in [6, 6.07) is 15.8. The van der Waals surface area contributed by atoms with Crippen molar-refractivity contribution in [1.29, 1.82) is 0 Å². The van der Waals surface area contributed by atoms with Gasteiger partial charge in [0, 0.05) is 36.4 Å². The van der Waals surface area contributed by atoms with Gasteiger partial charge in [-0.15, -0.1) is 0 Å². The lowest BCUT2D eigenvalue weighted by Crippen LogP contribution is -2.40. The number of aromatic amines is 1. The maximum absolute atomic E-state index is 13.3. The summed E-state index contributed by atoms with van der Waals surface area (Å²) in [5.41, 5.74) is 2.04. The van der Waals surface area contributed by atoms with E-state index in [1.165, 1.54) is 4.31 Å². The van der Waals surface area contributed by atoms with Crippen molar-refractivity contribution < 1.29 is 17.9 Å². The van der Waals surface area contributed by atoms with Crippen LogP contribution in [0, 0.1) is 0 Å². The first kappa shape index (κ1) is 22.6. The molecule has 3 aromatic rings. The highest BCUT2D eigenvalue weighted by atomic mass is 32.2. The molecule has 0 atom stereocenters. The van der Waals surface area contributed by atoms with Gasteiger partial charge in [-0.2, -0.15) is 9.40 Å². The smallest absolute Gasteiger partial charge is 0.256 e. The number of morpholine rings is 1. The summed E-state index contributed by atoms with van der Waals surface area (Å²) in [6.07, 6.45) is 0. The average molecular weight is 482 g/mol. The number of anilines is 2. The number of ether oxygens (including phenoxy) is 1. The lowest BCUT2D eigenvalue weighted by molar-refractivity contribution is 0.102. The highest BCUT2D eigenvalue weighted by Crippen LogP contribution is 2.43. The van der Waals surface area contributed by atoms with Gasteiger partial charge >= 0.3 is 0 Å². The van der Waals surface area contributed by atoms with Gasteiger partial charge in [0.25, 0.3) is 5.91 Å². The summed E-state index contributed by atoms with van der Waals surface area (Å²) >= 11 is 0. The second kappa shape index (κ2) is 8.53. The van der Waals surface area contributed by atoms with Crippen molar-refractivity contribution in [2.24, 2.45) is 0 Å². The molecule has 2 aliphatic rings. The zero-order valence-electron chi connectivity index (χ0n) is 19.1. The lowest BCUT2D eigenvalue weighted by atomic mass is 10.0. The maximum atomic E-state index is 13.3. The molecule has 1 amide bonds. The summed E-state index contributed by atoms with van der Waals surface area (Å²) in [5.74, 6) is 0.0427. The summed E-state index contributed by atoms with van der Waals surface area (Å²) in [6.45, 7) is 6.80. The number of aromatic nitrogens is 2. The zero-order valence-corrected chi connectivity index (χ0v) is 19.9. The Balaban J connectivity index is 1.35. The highest BCUT2D eigenvalue weighted by molar-refractivity contribution is 7.89. The van der Waals surface area contributed by atoms with Crippen molar-refractivity contribution >= 4 is 27.4 Å². The largest absolute Gasteiger partial charge is 0.378 e. The van der Waals surface area contributed by atoms with Gasteiger partial charge in [0.15, 0.2) is 5.82 Å². The van der Waals surface area contributed by atoms with Gasteiger partial charge in [0.2, 0.25) is 10.0 Å². The van der Waals surface area contributed by atoms with Crippen LogP contribution in [0.2, 0.25) is 0 Å². The Morgan fingerprint density at radius 3 is 2.41 bits per heavy atom. The van der Waals surface area contributed by atoms with Crippen molar-refractivity contribution in [1.82, 2.24) is 14.5 Å². The molecule has 2 N–H and O–H groups in total. The third kappa shape index (κ3) is 3.87. The van der Waals surface area contributed by atoms with Gasteiger partial charge in [0.05, 0.1) is 29.3 Å². The van der Waals surface area contributed by atoms with E-state index < -0.39 is 15.6 Å². The van der Waals surface area contributed by atoms with Crippen LogP contribution in [0.15, 0.2) is 59.5 Å². The Morgan fingerprint density at radius 1 is 1.06 bits per heavy atom. The molecule has 9 nitrogen and oxygen atoms in total. The second-order valence-corrected chi connectivity index (χ2v) is 10.8. The van der Waals surface area contributed by atoms with Crippen LogP contribution in [0.4, 0.5) is 11.5 Å². The molecule has 1 fully saturated rings. The third-order valence-electron chi connectivity index (χ3n) is 6.47. The van der Waals surface area contributed by atoms with E-state index >= 15 is 0 Å². The van der Waals surface area contributed by atoms with Crippen molar-refractivity contribution in [2.75, 3.05) is 36.5 Å². The molecule has 2 aromatic carbocycles. The zero-order chi connectivity index (χ0) is 23.9. The van der Waals surface area contributed by atoms with Crippen LogP contribution >= 0.6 is 0 Å². The molecule has 5 rings (SSSR count). The molecule has 0 aliphatic carbocycles. The number of benzene rings is 2. The first-order valence-corrected chi connectivity index (χ1v) is 12.6. The number of H-pyrrole nitrogens is 1. The van der Waals surface area contributed by atoms with E-state index in [4.69, 9.17) is 4.74 Å². The topological polar surface area (TPSA) is 108 Å². The van der Waals surface area contributed by atoms with Gasteiger partial charge in [-0.05, 0) is 50.2 Å². The van der Waals surface area contributed by atoms with E-state index in [-0.39, 0.29) is 17.3 Å². The molecule has 3 heterocycles. The van der Waals surface area contributed by atoms with Crippen LogP contribution < -0.4 is 10.2 Å². The average Bonchev–Trinajstić information content (AvgIpc) is 3.38. The molecule has 0 unspecified atom stereocenters. The lowest BCUT2D eigenvalue weighted by Gasteiger charge is -2.30. The third-order valence-corrected chi connectivity index (χ3v) is 8.51. The second-order valence-electron chi connectivity index (χ2n) is 8.91. The van der Waals surface area contributed by atoms with Crippen molar-refractivity contribution in [3.63, 3.8) is 0 Å². The normalized spacial score (nSPS) is 18.0. The molecular weight excluding hydrogens is 454 g/mol. The monoisotopic (exact) mass is 481 g/mol. The number of carbonyl (C=O) groups excluding carboxylic acids is 1. The Labute approximate surface area is 198 Å². The van der Waals surface area contributed by atoms with Crippen LogP contribution in [-0.2, 0) is 26.8 Å². The van der Waals surface area contributed by atoms with Gasteiger partial charge < -0.3 is 15.0 Å². The van der Waals surface area contributed by atoms with Gasteiger partial charge in [-0.1, -0.05) is 18.2 Å². The number of amides is 1. The molecule has 178 valence electrons. The number of nitrogens with one attached hydrogen (secondary N) is 2. The molecule has 0 radical (unpaired) electrons. The molecule has 0 bridgehead atoms. The van der Waals surface area contributed by atoms with E-state index in [0.29, 0.717) is 35.9 Å². The molecule has 10 heteroatoms. The summed E-state index contributed by atoms with van der Waals surface area (Å²) in [7, 11) is -3.74. The molecule has 2 aliphatic heterocycles. The predicted octanol–water partition coefficient (Wildman–Crippen LogP) is 2.94.